The molecule has 128 valence electrons. The Morgan fingerprint density at radius 2 is 2.17 bits per heavy atom. The van der Waals surface area contributed by atoms with E-state index in [1.54, 1.807) is 6.92 Å². The van der Waals surface area contributed by atoms with Crippen LogP contribution in [0, 0.1) is 0 Å². The van der Waals surface area contributed by atoms with Crippen molar-refractivity contribution >= 4 is 5.91 Å². The Hall–Kier alpha value is -1.47. The monoisotopic (exact) mass is 322 g/mol. The molecule has 0 unspecified atom stereocenters. The van der Waals surface area contributed by atoms with E-state index in [2.05, 4.69) is 15.0 Å². The van der Waals surface area contributed by atoms with Crippen LogP contribution in [0.2, 0.25) is 0 Å². The second-order valence-corrected chi connectivity index (χ2v) is 7.46. The third-order valence-corrected chi connectivity index (χ3v) is 4.43. The van der Waals surface area contributed by atoms with Gasteiger partial charge in [0.15, 0.2) is 5.82 Å². The molecule has 0 radical (unpaired) electrons. The van der Waals surface area contributed by atoms with E-state index in [1.807, 2.05) is 18.7 Å². The van der Waals surface area contributed by atoms with Gasteiger partial charge in [-0.3, -0.25) is 9.69 Å². The van der Waals surface area contributed by atoms with Crippen molar-refractivity contribution in [2.75, 3.05) is 19.6 Å². The fraction of sp³-hybridized carbons (Fsp3) is 0.812. The molecule has 1 amide bonds. The number of amides is 1. The Morgan fingerprint density at radius 3 is 2.78 bits per heavy atom. The van der Waals surface area contributed by atoms with E-state index in [0.29, 0.717) is 30.7 Å². The molecule has 2 fully saturated rings. The Balaban J connectivity index is 1.61. The molecule has 1 saturated heterocycles. The molecule has 1 aromatic rings. The second-order valence-electron chi connectivity index (χ2n) is 7.46. The summed E-state index contributed by atoms with van der Waals surface area (Å²) in [6.07, 6.45) is 3.14. The summed E-state index contributed by atoms with van der Waals surface area (Å²) in [6.45, 7) is 7.87. The van der Waals surface area contributed by atoms with Gasteiger partial charge in [0.05, 0.1) is 12.1 Å². The fourth-order valence-corrected chi connectivity index (χ4v) is 3.24. The van der Waals surface area contributed by atoms with Crippen molar-refractivity contribution in [3.63, 3.8) is 0 Å². The van der Waals surface area contributed by atoms with Crippen LogP contribution in [0.25, 0.3) is 0 Å². The average molecular weight is 322 g/mol. The van der Waals surface area contributed by atoms with Gasteiger partial charge in [-0.05, 0) is 33.1 Å². The quantitative estimate of drug-likeness (QED) is 0.846. The number of hydrogen-bond donors (Lipinski definition) is 1. The number of likely N-dealkylation sites (tertiary alicyclic amines) is 1. The zero-order valence-corrected chi connectivity index (χ0v) is 14.2. The standard InChI is InChI=1S/C16H26N4O3/c1-11(21)20(9-14-17-15(23-18-14)12-4-5-12)13-6-7-19(8-13)10-16(2,3)22/h12-13,22H,4-10H2,1-3H3/t13-/m1/s1. The molecule has 0 bridgehead atoms. The number of aliphatic hydroxyl groups is 1. The summed E-state index contributed by atoms with van der Waals surface area (Å²) in [4.78, 5) is 20.5. The van der Waals surface area contributed by atoms with Gasteiger partial charge in [-0.1, -0.05) is 5.16 Å². The minimum atomic E-state index is -0.719. The maximum absolute atomic E-state index is 12.1. The first-order valence-corrected chi connectivity index (χ1v) is 8.36. The molecule has 7 nitrogen and oxygen atoms in total. The maximum atomic E-state index is 12.1. The largest absolute Gasteiger partial charge is 0.389 e. The van der Waals surface area contributed by atoms with Gasteiger partial charge in [0.25, 0.3) is 0 Å². The summed E-state index contributed by atoms with van der Waals surface area (Å²) in [6, 6.07) is 0.137. The molecule has 1 N–H and O–H groups in total. The van der Waals surface area contributed by atoms with Gasteiger partial charge in [0, 0.05) is 38.5 Å². The number of β-amino-alcohol motifs (C(OH)–C–C–N with tert-alkyl or cyclic N) is 1. The molecule has 2 aliphatic rings. The van der Waals surface area contributed by atoms with Crippen LogP contribution < -0.4 is 0 Å². The zero-order chi connectivity index (χ0) is 16.6. The Bertz CT molecular complexity index is 562. The first-order valence-electron chi connectivity index (χ1n) is 8.36. The lowest BCUT2D eigenvalue weighted by Gasteiger charge is -2.28. The lowest BCUT2D eigenvalue weighted by Crippen LogP contribution is -2.42. The SMILES string of the molecule is CC(=O)N(Cc1noc(C2CC2)n1)[C@@H]1CCN(CC(C)(C)O)C1. The van der Waals surface area contributed by atoms with Crippen LogP contribution in [0.3, 0.4) is 0 Å². The number of aromatic nitrogens is 2. The maximum Gasteiger partial charge on any atom is 0.229 e. The molecule has 3 rings (SSSR count). The minimum Gasteiger partial charge on any atom is -0.389 e. The Kier molecular flexibility index (Phi) is 4.42. The van der Waals surface area contributed by atoms with Crippen LogP contribution in [-0.2, 0) is 11.3 Å². The van der Waals surface area contributed by atoms with Crippen molar-refractivity contribution in [2.45, 2.75) is 64.1 Å². The van der Waals surface area contributed by atoms with Gasteiger partial charge in [-0.25, -0.2) is 0 Å². The topological polar surface area (TPSA) is 82.7 Å². The molecule has 0 aromatic carbocycles. The number of carbonyl (C=O) groups is 1. The molecule has 1 saturated carbocycles. The highest BCUT2D eigenvalue weighted by molar-refractivity contribution is 5.73. The fourth-order valence-electron chi connectivity index (χ4n) is 3.24. The molecule has 1 atom stereocenters. The predicted octanol–water partition coefficient (Wildman–Crippen LogP) is 1.14. The Morgan fingerprint density at radius 1 is 1.43 bits per heavy atom. The van der Waals surface area contributed by atoms with Crippen LogP contribution in [0.1, 0.15) is 57.7 Å². The minimum absolute atomic E-state index is 0.0258. The highest BCUT2D eigenvalue weighted by atomic mass is 16.5. The van der Waals surface area contributed by atoms with E-state index in [9.17, 15) is 9.90 Å². The van der Waals surface area contributed by atoms with E-state index >= 15 is 0 Å². The zero-order valence-electron chi connectivity index (χ0n) is 14.2. The van der Waals surface area contributed by atoms with Crippen LogP contribution in [0.15, 0.2) is 4.52 Å². The summed E-state index contributed by atoms with van der Waals surface area (Å²) in [5.41, 5.74) is -0.719. The van der Waals surface area contributed by atoms with Crippen molar-refractivity contribution in [2.24, 2.45) is 0 Å². The molecule has 2 heterocycles. The molecule has 1 aliphatic carbocycles. The number of hydrogen-bond acceptors (Lipinski definition) is 6. The van der Waals surface area contributed by atoms with Gasteiger partial charge in [0.1, 0.15) is 0 Å². The van der Waals surface area contributed by atoms with Crippen LogP contribution in [0.4, 0.5) is 0 Å². The summed E-state index contributed by atoms with van der Waals surface area (Å²) in [5.74, 6) is 1.75. The van der Waals surface area contributed by atoms with Gasteiger partial charge >= 0.3 is 0 Å². The molecule has 0 spiro atoms. The third-order valence-electron chi connectivity index (χ3n) is 4.43. The third kappa shape index (κ3) is 4.29. The molecule has 1 aromatic heterocycles. The Labute approximate surface area is 136 Å². The van der Waals surface area contributed by atoms with E-state index in [4.69, 9.17) is 4.52 Å². The van der Waals surface area contributed by atoms with Crippen molar-refractivity contribution in [3.05, 3.63) is 11.7 Å². The van der Waals surface area contributed by atoms with Crippen LogP contribution in [0.5, 0.6) is 0 Å². The lowest BCUT2D eigenvalue weighted by atomic mass is 10.1. The molecule has 1 aliphatic heterocycles. The summed E-state index contributed by atoms with van der Waals surface area (Å²) in [7, 11) is 0. The summed E-state index contributed by atoms with van der Waals surface area (Å²) < 4.78 is 5.28. The van der Waals surface area contributed by atoms with E-state index in [1.165, 1.54) is 0 Å². The lowest BCUT2D eigenvalue weighted by molar-refractivity contribution is -0.131. The highest BCUT2D eigenvalue weighted by Gasteiger charge is 2.33. The van der Waals surface area contributed by atoms with E-state index in [-0.39, 0.29) is 11.9 Å². The molecular weight excluding hydrogens is 296 g/mol. The highest BCUT2D eigenvalue weighted by Crippen LogP contribution is 2.38. The number of rotatable bonds is 6. The average Bonchev–Trinajstić information content (AvgIpc) is 3.02. The van der Waals surface area contributed by atoms with E-state index < -0.39 is 5.60 Å². The number of nitrogens with zero attached hydrogens (tertiary/aromatic N) is 4. The van der Waals surface area contributed by atoms with Crippen molar-refractivity contribution in [1.82, 2.24) is 19.9 Å². The summed E-state index contributed by atoms with van der Waals surface area (Å²) >= 11 is 0. The molecular formula is C16H26N4O3. The van der Waals surface area contributed by atoms with E-state index in [0.717, 1.165) is 32.4 Å². The van der Waals surface area contributed by atoms with Gasteiger partial charge in [0.2, 0.25) is 11.8 Å². The van der Waals surface area contributed by atoms with Gasteiger partial charge < -0.3 is 14.5 Å². The predicted molar refractivity (Wildman–Crippen MR) is 83.6 cm³/mol. The number of carbonyl (C=O) groups excluding carboxylic acids is 1. The van der Waals surface area contributed by atoms with Crippen molar-refractivity contribution in [3.8, 4) is 0 Å². The smallest absolute Gasteiger partial charge is 0.229 e. The summed E-state index contributed by atoms with van der Waals surface area (Å²) in [5, 5.41) is 14.0. The normalized spacial score (nSPS) is 22.5. The second kappa shape index (κ2) is 6.20. The van der Waals surface area contributed by atoms with Gasteiger partial charge in [-0.2, -0.15) is 4.98 Å². The first-order chi connectivity index (χ1) is 10.8. The van der Waals surface area contributed by atoms with Crippen LogP contribution >= 0.6 is 0 Å². The van der Waals surface area contributed by atoms with Crippen molar-refractivity contribution in [1.29, 1.82) is 0 Å². The van der Waals surface area contributed by atoms with Gasteiger partial charge in [-0.15, -0.1) is 0 Å². The first kappa shape index (κ1) is 16.4. The van der Waals surface area contributed by atoms with Crippen molar-refractivity contribution < 1.29 is 14.4 Å². The van der Waals surface area contributed by atoms with Crippen LogP contribution in [-0.4, -0.2) is 62.2 Å². The molecule has 23 heavy (non-hydrogen) atoms. The molecule has 7 heteroatoms.